The van der Waals surface area contributed by atoms with Gasteiger partial charge in [0, 0.05) is 16.7 Å². The highest BCUT2D eigenvalue weighted by Gasteiger charge is 2.21. The molecule has 0 fully saturated rings. The fraction of sp³-hybridized carbons (Fsp3) is 0.400. The average Bonchev–Trinajstić information content (AvgIpc) is 2.49. The molecule has 0 amide bonds. The molecule has 1 aromatic rings. The molecule has 108 valence electrons. The lowest BCUT2D eigenvalue weighted by Crippen LogP contribution is -1.97. The standard InChI is InChI=1S/C15H15N3O3/c1-4-10-13(16-7-19)11(5-2)15(18-9-21)12(6-3)14(10)17-8-20/h4-6H2,1-3H3. The number of benzene rings is 1. The second kappa shape index (κ2) is 7.83. The molecular weight excluding hydrogens is 270 g/mol. The molecule has 0 spiro atoms. The predicted octanol–water partition coefficient (Wildman–Crippen LogP) is 3.28. The molecule has 0 N–H and O–H groups in total. The van der Waals surface area contributed by atoms with Crippen LogP contribution in [0, 0.1) is 0 Å². The monoisotopic (exact) mass is 285 g/mol. The number of rotatable bonds is 6. The topological polar surface area (TPSA) is 88.3 Å². The zero-order valence-corrected chi connectivity index (χ0v) is 12.2. The Kier molecular flexibility index (Phi) is 6.12. The SMILES string of the molecule is CCc1c(N=C=O)c(CC)c(N=C=O)c(CC)c1N=C=O. The number of isocyanates is 3. The Morgan fingerprint density at radius 1 is 0.619 bits per heavy atom. The average molecular weight is 285 g/mol. The van der Waals surface area contributed by atoms with Crippen LogP contribution < -0.4 is 0 Å². The summed E-state index contributed by atoms with van der Waals surface area (Å²) >= 11 is 0. The lowest BCUT2D eigenvalue weighted by molar-refractivity contribution is 0.564. The van der Waals surface area contributed by atoms with Gasteiger partial charge in [-0.3, -0.25) is 0 Å². The van der Waals surface area contributed by atoms with Crippen LogP contribution in [0.25, 0.3) is 0 Å². The highest BCUT2D eigenvalue weighted by atomic mass is 16.1. The molecule has 0 bridgehead atoms. The molecular formula is C15H15N3O3. The van der Waals surface area contributed by atoms with E-state index in [9.17, 15) is 14.4 Å². The molecule has 0 unspecified atom stereocenters. The van der Waals surface area contributed by atoms with Crippen LogP contribution in [0.5, 0.6) is 0 Å². The first kappa shape index (κ1) is 16.4. The molecule has 6 nitrogen and oxygen atoms in total. The number of carbonyl (C=O) groups excluding carboxylic acids is 3. The lowest BCUT2D eigenvalue weighted by atomic mass is 9.93. The summed E-state index contributed by atoms with van der Waals surface area (Å²) in [7, 11) is 0. The molecule has 0 saturated heterocycles. The molecule has 0 aliphatic carbocycles. The van der Waals surface area contributed by atoms with E-state index in [1.165, 1.54) is 18.2 Å². The van der Waals surface area contributed by atoms with Crippen molar-refractivity contribution in [3.8, 4) is 0 Å². The van der Waals surface area contributed by atoms with E-state index in [1.54, 1.807) is 0 Å². The number of hydrogen-bond acceptors (Lipinski definition) is 6. The van der Waals surface area contributed by atoms with Crippen molar-refractivity contribution in [1.29, 1.82) is 0 Å². The third-order valence-electron chi connectivity index (χ3n) is 3.25. The first-order valence-corrected chi connectivity index (χ1v) is 6.64. The number of nitrogens with zero attached hydrogens (tertiary/aromatic N) is 3. The van der Waals surface area contributed by atoms with Crippen molar-refractivity contribution < 1.29 is 14.4 Å². The second-order valence-corrected chi connectivity index (χ2v) is 4.15. The van der Waals surface area contributed by atoms with Crippen LogP contribution >= 0.6 is 0 Å². The van der Waals surface area contributed by atoms with Gasteiger partial charge in [-0.25, -0.2) is 14.4 Å². The second-order valence-electron chi connectivity index (χ2n) is 4.15. The van der Waals surface area contributed by atoms with Crippen LogP contribution in [0.4, 0.5) is 17.1 Å². The highest BCUT2D eigenvalue weighted by molar-refractivity contribution is 5.81. The van der Waals surface area contributed by atoms with Gasteiger partial charge in [0.25, 0.3) is 0 Å². The maximum absolute atomic E-state index is 10.7. The van der Waals surface area contributed by atoms with Gasteiger partial charge in [-0.05, 0) is 19.3 Å². The van der Waals surface area contributed by atoms with Crippen molar-refractivity contribution in [2.24, 2.45) is 15.0 Å². The summed E-state index contributed by atoms with van der Waals surface area (Å²) in [4.78, 5) is 43.3. The van der Waals surface area contributed by atoms with Gasteiger partial charge in [-0.1, -0.05) is 20.8 Å². The van der Waals surface area contributed by atoms with Crippen LogP contribution in [-0.4, -0.2) is 18.2 Å². The van der Waals surface area contributed by atoms with Crippen molar-refractivity contribution in [1.82, 2.24) is 0 Å². The molecule has 0 saturated carbocycles. The molecule has 0 heterocycles. The van der Waals surface area contributed by atoms with Crippen molar-refractivity contribution in [3.63, 3.8) is 0 Å². The first-order chi connectivity index (χ1) is 10.2. The first-order valence-electron chi connectivity index (χ1n) is 6.64. The van der Waals surface area contributed by atoms with Crippen molar-refractivity contribution in [2.75, 3.05) is 0 Å². The van der Waals surface area contributed by atoms with E-state index in [2.05, 4.69) is 15.0 Å². The Balaban J connectivity index is 4.09. The van der Waals surface area contributed by atoms with Gasteiger partial charge in [0.2, 0.25) is 18.2 Å². The number of hydrogen-bond donors (Lipinski definition) is 0. The van der Waals surface area contributed by atoms with Crippen LogP contribution in [-0.2, 0) is 33.6 Å². The Bertz CT molecular complexity index is 574. The van der Waals surface area contributed by atoms with Crippen LogP contribution in [0.3, 0.4) is 0 Å². The molecule has 0 aliphatic rings. The third-order valence-corrected chi connectivity index (χ3v) is 3.25. The van der Waals surface area contributed by atoms with E-state index in [0.29, 0.717) is 53.0 Å². The van der Waals surface area contributed by atoms with Gasteiger partial charge < -0.3 is 0 Å². The zero-order chi connectivity index (χ0) is 15.8. The van der Waals surface area contributed by atoms with Gasteiger partial charge in [0.15, 0.2) is 0 Å². The molecule has 6 heteroatoms. The van der Waals surface area contributed by atoms with E-state index >= 15 is 0 Å². The smallest absolute Gasteiger partial charge is 0.211 e. The van der Waals surface area contributed by atoms with E-state index < -0.39 is 0 Å². The molecule has 0 radical (unpaired) electrons. The van der Waals surface area contributed by atoms with E-state index in [1.807, 2.05) is 20.8 Å². The summed E-state index contributed by atoms with van der Waals surface area (Å²) in [6.45, 7) is 5.60. The molecule has 0 aromatic heterocycles. The Morgan fingerprint density at radius 3 is 1.00 bits per heavy atom. The van der Waals surface area contributed by atoms with E-state index in [-0.39, 0.29) is 0 Å². The molecule has 0 atom stereocenters. The molecule has 0 aliphatic heterocycles. The summed E-state index contributed by atoms with van der Waals surface area (Å²) in [6, 6.07) is 0. The lowest BCUT2D eigenvalue weighted by Gasteiger charge is -2.17. The maximum atomic E-state index is 10.7. The number of aliphatic imine (C=N–C) groups is 3. The summed E-state index contributed by atoms with van der Waals surface area (Å²) in [5.74, 6) is 0. The van der Waals surface area contributed by atoms with Gasteiger partial charge in [-0.15, -0.1) is 0 Å². The Hall–Kier alpha value is -2.64. The molecule has 1 rings (SSSR count). The van der Waals surface area contributed by atoms with Crippen molar-refractivity contribution in [2.45, 2.75) is 40.0 Å². The maximum Gasteiger partial charge on any atom is 0.240 e. The summed E-state index contributed by atoms with van der Waals surface area (Å²) < 4.78 is 0. The van der Waals surface area contributed by atoms with Crippen molar-refractivity contribution >= 4 is 35.3 Å². The van der Waals surface area contributed by atoms with Crippen LogP contribution in [0.2, 0.25) is 0 Å². The van der Waals surface area contributed by atoms with E-state index in [4.69, 9.17) is 0 Å². The Labute approximate surface area is 122 Å². The summed E-state index contributed by atoms with van der Waals surface area (Å²) in [5, 5.41) is 0. The normalized spacial score (nSPS) is 9.29. The predicted molar refractivity (Wildman–Crippen MR) is 77.9 cm³/mol. The van der Waals surface area contributed by atoms with Gasteiger partial charge in [0.1, 0.15) is 0 Å². The van der Waals surface area contributed by atoms with E-state index in [0.717, 1.165) is 0 Å². The zero-order valence-electron chi connectivity index (χ0n) is 12.2. The summed E-state index contributed by atoms with van der Waals surface area (Å²) in [6.07, 6.45) is 6.07. The van der Waals surface area contributed by atoms with Crippen LogP contribution in [0.1, 0.15) is 37.5 Å². The minimum atomic E-state index is 0.371. The van der Waals surface area contributed by atoms with Gasteiger partial charge in [-0.2, -0.15) is 15.0 Å². The largest absolute Gasteiger partial charge is 0.240 e. The fourth-order valence-electron chi connectivity index (χ4n) is 2.43. The quantitative estimate of drug-likeness (QED) is 0.593. The third kappa shape index (κ3) is 3.10. The fourth-order valence-corrected chi connectivity index (χ4v) is 2.43. The minimum absolute atomic E-state index is 0.371. The minimum Gasteiger partial charge on any atom is -0.211 e. The molecule has 21 heavy (non-hydrogen) atoms. The van der Waals surface area contributed by atoms with Gasteiger partial charge in [0.05, 0.1) is 17.1 Å². The summed E-state index contributed by atoms with van der Waals surface area (Å²) in [5.41, 5.74) is 3.07. The van der Waals surface area contributed by atoms with Crippen LogP contribution in [0.15, 0.2) is 15.0 Å². The Morgan fingerprint density at radius 2 is 0.857 bits per heavy atom. The molecule has 1 aromatic carbocycles. The highest BCUT2D eigenvalue weighted by Crippen LogP contribution is 2.44. The van der Waals surface area contributed by atoms with Gasteiger partial charge >= 0.3 is 0 Å². The van der Waals surface area contributed by atoms with Crippen molar-refractivity contribution in [3.05, 3.63) is 16.7 Å².